The highest BCUT2D eigenvalue weighted by Crippen LogP contribution is 2.40. The molecule has 1 saturated carbocycles. The number of ketones is 1. The molecule has 1 aromatic carbocycles. The lowest BCUT2D eigenvalue weighted by atomic mass is 9.93. The van der Waals surface area contributed by atoms with Crippen LogP contribution in [0, 0.1) is 11.8 Å². The molecule has 1 fully saturated rings. The van der Waals surface area contributed by atoms with Gasteiger partial charge in [-0.25, -0.2) is 0 Å². The van der Waals surface area contributed by atoms with Crippen LogP contribution in [0.4, 0.5) is 0 Å². The van der Waals surface area contributed by atoms with Gasteiger partial charge in [0.25, 0.3) is 0 Å². The maximum Gasteiger partial charge on any atom is 0.136 e. The number of Topliss-reactive ketones (excluding diaryl/α,β-unsaturated/α-hetero) is 1. The fraction of sp³-hybridized carbons (Fsp3) is 0.533. The van der Waals surface area contributed by atoms with Gasteiger partial charge in [-0.15, -0.1) is 0 Å². The van der Waals surface area contributed by atoms with Crippen LogP contribution in [0.1, 0.15) is 26.2 Å². The van der Waals surface area contributed by atoms with Crippen LogP contribution in [0.3, 0.4) is 0 Å². The summed E-state index contributed by atoms with van der Waals surface area (Å²) in [4.78, 5) is 13.0. The Hall–Kier alpha value is -0.800. The quantitative estimate of drug-likeness (QED) is 0.598. The van der Waals surface area contributed by atoms with Gasteiger partial charge in [0.1, 0.15) is 11.2 Å². The maximum atomic E-state index is 11.8. The van der Waals surface area contributed by atoms with Crippen molar-refractivity contribution in [3.05, 3.63) is 30.3 Å². The molecule has 0 saturated heterocycles. The van der Waals surface area contributed by atoms with Crippen LogP contribution >= 0.6 is 11.8 Å². The second kappa shape index (κ2) is 6.39. The molecule has 0 spiro atoms. The zero-order chi connectivity index (χ0) is 13.0. The van der Waals surface area contributed by atoms with E-state index in [9.17, 15) is 4.79 Å². The van der Waals surface area contributed by atoms with Gasteiger partial charge in [-0.05, 0) is 25.0 Å². The van der Waals surface area contributed by atoms with Crippen LogP contribution in [0.25, 0.3) is 0 Å². The lowest BCUT2D eigenvalue weighted by Gasteiger charge is -2.25. The Balaban J connectivity index is 2.07. The van der Waals surface area contributed by atoms with Gasteiger partial charge in [0.2, 0.25) is 0 Å². The van der Waals surface area contributed by atoms with Crippen molar-refractivity contribution < 1.29 is 9.53 Å². The van der Waals surface area contributed by atoms with Crippen LogP contribution in [-0.2, 0) is 9.53 Å². The van der Waals surface area contributed by atoms with Gasteiger partial charge >= 0.3 is 0 Å². The van der Waals surface area contributed by atoms with E-state index in [4.69, 9.17) is 4.74 Å². The predicted octanol–water partition coefficient (Wildman–Crippen LogP) is 3.76. The van der Waals surface area contributed by atoms with Crippen molar-refractivity contribution in [3.8, 4) is 0 Å². The molecule has 98 valence electrons. The molecule has 0 amide bonds. The fourth-order valence-electron chi connectivity index (χ4n) is 2.73. The highest BCUT2D eigenvalue weighted by Gasteiger charge is 2.38. The molecule has 1 aromatic rings. The van der Waals surface area contributed by atoms with Crippen LogP contribution in [0.5, 0.6) is 0 Å². The minimum absolute atomic E-state index is 0.0869. The third-order valence-corrected chi connectivity index (χ3v) is 4.99. The van der Waals surface area contributed by atoms with E-state index in [0.717, 1.165) is 19.3 Å². The highest BCUT2D eigenvalue weighted by atomic mass is 32.2. The normalized spacial score (nSPS) is 25.3. The molecule has 2 nitrogen and oxygen atoms in total. The lowest BCUT2D eigenvalue weighted by Crippen LogP contribution is -2.25. The Labute approximate surface area is 113 Å². The summed E-state index contributed by atoms with van der Waals surface area (Å²) in [6, 6.07) is 10.3. The first-order chi connectivity index (χ1) is 8.76. The summed E-state index contributed by atoms with van der Waals surface area (Å²) in [6.07, 6.45) is 2.62. The number of carbonyl (C=O) groups is 1. The number of benzene rings is 1. The number of hydrogen-bond acceptors (Lipinski definition) is 3. The highest BCUT2D eigenvalue weighted by molar-refractivity contribution is 7.99. The van der Waals surface area contributed by atoms with Gasteiger partial charge < -0.3 is 4.74 Å². The van der Waals surface area contributed by atoms with Crippen molar-refractivity contribution in [2.24, 2.45) is 11.8 Å². The van der Waals surface area contributed by atoms with Crippen molar-refractivity contribution in [1.82, 2.24) is 0 Å². The van der Waals surface area contributed by atoms with E-state index in [1.807, 2.05) is 18.2 Å². The van der Waals surface area contributed by atoms with Crippen molar-refractivity contribution in [2.45, 2.75) is 36.5 Å². The summed E-state index contributed by atoms with van der Waals surface area (Å²) in [6.45, 7) is 2.10. The summed E-state index contributed by atoms with van der Waals surface area (Å²) in [5.41, 5.74) is 0.0869. The molecule has 2 rings (SSSR count). The standard InChI is InChI=1S/C15H20O2S/c1-3-12-13(9-10-14(12)16)15(17-2)18-11-7-5-4-6-8-11/h4-8,12-13,15H,3,9-10H2,1-2H3. The molecule has 18 heavy (non-hydrogen) atoms. The van der Waals surface area contributed by atoms with Gasteiger partial charge in [0.15, 0.2) is 0 Å². The summed E-state index contributed by atoms with van der Waals surface area (Å²) in [5, 5.41) is 0. The van der Waals surface area contributed by atoms with Gasteiger partial charge in [0, 0.05) is 30.3 Å². The van der Waals surface area contributed by atoms with E-state index in [2.05, 4.69) is 19.1 Å². The number of thioether (sulfide) groups is 1. The Bertz CT molecular complexity index is 391. The summed E-state index contributed by atoms with van der Waals surface area (Å²) >= 11 is 1.73. The average molecular weight is 264 g/mol. The van der Waals surface area contributed by atoms with E-state index >= 15 is 0 Å². The Morgan fingerprint density at radius 1 is 1.39 bits per heavy atom. The van der Waals surface area contributed by atoms with Gasteiger partial charge in [-0.2, -0.15) is 0 Å². The minimum atomic E-state index is 0.0869. The SMILES string of the molecule is CCC1C(=O)CCC1C(OC)Sc1ccccc1. The average Bonchev–Trinajstić information content (AvgIpc) is 2.78. The third kappa shape index (κ3) is 2.96. The molecule has 3 heteroatoms. The van der Waals surface area contributed by atoms with E-state index in [1.54, 1.807) is 18.9 Å². The minimum Gasteiger partial charge on any atom is -0.370 e. The number of ether oxygens (including phenoxy) is 1. The second-order valence-electron chi connectivity index (χ2n) is 4.72. The molecular weight excluding hydrogens is 244 g/mol. The van der Waals surface area contributed by atoms with Gasteiger partial charge in [-0.1, -0.05) is 36.9 Å². The topological polar surface area (TPSA) is 26.3 Å². The predicted molar refractivity (Wildman–Crippen MR) is 74.6 cm³/mol. The molecule has 0 bridgehead atoms. The molecule has 0 aliphatic heterocycles. The van der Waals surface area contributed by atoms with E-state index in [0.29, 0.717) is 11.7 Å². The number of rotatable bonds is 5. The number of carbonyl (C=O) groups excluding carboxylic acids is 1. The van der Waals surface area contributed by atoms with Crippen LogP contribution in [0.2, 0.25) is 0 Å². The third-order valence-electron chi connectivity index (χ3n) is 3.67. The van der Waals surface area contributed by atoms with Crippen molar-refractivity contribution in [2.75, 3.05) is 7.11 Å². The zero-order valence-electron chi connectivity index (χ0n) is 11.0. The smallest absolute Gasteiger partial charge is 0.136 e. The monoisotopic (exact) mass is 264 g/mol. The first-order valence-electron chi connectivity index (χ1n) is 6.53. The molecular formula is C15H20O2S. The summed E-state index contributed by atoms with van der Waals surface area (Å²) in [7, 11) is 1.75. The molecule has 3 atom stereocenters. The van der Waals surface area contributed by atoms with Crippen molar-refractivity contribution >= 4 is 17.5 Å². The Kier molecular flexibility index (Phi) is 4.84. The number of hydrogen-bond donors (Lipinski definition) is 0. The van der Waals surface area contributed by atoms with Gasteiger partial charge in [-0.3, -0.25) is 4.79 Å². The molecule has 0 radical (unpaired) electrons. The molecule has 0 heterocycles. The van der Waals surface area contributed by atoms with Crippen LogP contribution in [-0.4, -0.2) is 18.3 Å². The Morgan fingerprint density at radius 2 is 2.11 bits per heavy atom. The first kappa shape index (κ1) is 13.6. The molecule has 1 aliphatic rings. The van der Waals surface area contributed by atoms with Crippen LogP contribution < -0.4 is 0 Å². The summed E-state index contributed by atoms with van der Waals surface area (Å²) < 4.78 is 5.63. The molecule has 1 aliphatic carbocycles. The largest absolute Gasteiger partial charge is 0.370 e. The summed E-state index contributed by atoms with van der Waals surface area (Å²) in [5.74, 6) is 0.960. The van der Waals surface area contributed by atoms with Crippen LogP contribution in [0.15, 0.2) is 35.2 Å². The van der Waals surface area contributed by atoms with E-state index in [-0.39, 0.29) is 11.4 Å². The van der Waals surface area contributed by atoms with Crippen molar-refractivity contribution in [3.63, 3.8) is 0 Å². The molecule has 0 aromatic heterocycles. The fourth-order valence-corrected chi connectivity index (χ4v) is 3.91. The van der Waals surface area contributed by atoms with E-state index in [1.165, 1.54) is 4.90 Å². The second-order valence-corrected chi connectivity index (χ2v) is 5.89. The van der Waals surface area contributed by atoms with Crippen molar-refractivity contribution in [1.29, 1.82) is 0 Å². The maximum absolute atomic E-state index is 11.8. The lowest BCUT2D eigenvalue weighted by molar-refractivity contribution is -0.121. The zero-order valence-corrected chi connectivity index (χ0v) is 11.8. The van der Waals surface area contributed by atoms with Gasteiger partial charge in [0.05, 0.1) is 0 Å². The first-order valence-corrected chi connectivity index (χ1v) is 7.41. The van der Waals surface area contributed by atoms with E-state index < -0.39 is 0 Å². The molecule has 3 unspecified atom stereocenters. The number of methoxy groups -OCH3 is 1. The Morgan fingerprint density at radius 3 is 2.72 bits per heavy atom. The molecule has 0 N–H and O–H groups in total.